The zero-order valence-corrected chi connectivity index (χ0v) is 16.2. The van der Waals surface area contributed by atoms with Crippen LogP contribution in [-0.4, -0.2) is 29.0 Å². The fourth-order valence-electron chi connectivity index (χ4n) is 2.57. The van der Waals surface area contributed by atoms with E-state index in [1.165, 1.54) is 113 Å². The van der Waals surface area contributed by atoms with E-state index in [9.17, 15) is 0 Å². The quantitative estimate of drug-likeness (QED) is 0.254. The molecule has 0 spiro atoms. The van der Waals surface area contributed by atoms with E-state index in [0.29, 0.717) is 6.10 Å². The molecule has 0 aliphatic carbocycles. The number of unbranched alkanes of at least 4 members (excludes halogenated alkanes) is 10. The van der Waals surface area contributed by atoms with Crippen LogP contribution in [-0.2, 0) is 3.07 Å². The molecule has 0 aromatic rings. The number of hydrogen-bond acceptors (Lipinski definition) is 1. The van der Waals surface area contributed by atoms with Gasteiger partial charge in [-0.15, -0.1) is 0 Å². The number of rotatable bonds is 15. The summed E-state index contributed by atoms with van der Waals surface area (Å²) >= 11 is 1.26. The first kappa shape index (κ1) is 19.8. The summed E-state index contributed by atoms with van der Waals surface area (Å²) in [5.41, 5.74) is 0. The zero-order valence-electron chi connectivity index (χ0n) is 13.4. The summed E-state index contributed by atoms with van der Waals surface area (Å²) in [5.74, 6) is 0. The molecule has 0 rings (SSSR count). The van der Waals surface area contributed by atoms with Crippen molar-refractivity contribution in [3.05, 3.63) is 0 Å². The Morgan fingerprint density at radius 1 is 0.632 bits per heavy atom. The molecule has 0 aromatic carbocycles. The van der Waals surface area contributed by atoms with Gasteiger partial charge in [0.2, 0.25) is 0 Å². The van der Waals surface area contributed by atoms with Gasteiger partial charge in [0.1, 0.15) is 0 Å². The molecule has 19 heavy (non-hydrogen) atoms. The van der Waals surface area contributed by atoms with Crippen LogP contribution < -0.4 is 0 Å². The molecule has 0 saturated carbocycles. The fourth-order valence-corrected chi connectivity index (χ4v) is 3.24. The maximum atomic E-state index is 5.70. The van der Waals surface area contributed by atoms with Crippen molar-refractivity contribution in [2.45, 2.75) is 110 Å². The van der Waals surface area contributed by atoms with Crippen molar-refractivity contribution in [1.29, 1.82) is 0 Å². The topological polar surface area (TPSA) is 9.23 Å². The second kappa shape index (κ2) is 16.8. The van der Waals surface area contributed by atoms with E-state index in [1.807, 2.05) is 0 Å². The third-order valence-electron chi connectivity index (χ3n) is 3.93. The maximum absolute atomic E-state index is 5.70. The Balaban J connectivity index is 3.30. The second-order valence-electron chi connectivity index (χ2n) is 5.85. The summed E-state index contributed by atoms with van der Waals surface area (Å²) < 4.78 is 5.70. The van der Waals surface area contributed by atoms with Crippen LogP contribution in [0.4, 0.5) is 0 Å². The first-order valence-electron chi connectivity index (χ1n) is 8.67. The Morgan fingerprint density at radius 2 is 1.00 bits per heavy atom. The van der Waals surface area contributed by atoms with E-state index in [4.69, 9.17) is 3.07 Å². The van der Waals surface area contributed by atoms with E-state index in [-0.39, 0.29) is 0 Å². The van der Waals surface area contributed by atoms with Crippen molar-refractivity contribution in [2.75, 3.05) is 0 Å². The van der Waals surface area contributed by atoms with Gasteiger partial charge in [-0.2, -0.15) is 0 Å². The zero-order chi connectivity index (χ0) is 14.2. The van der Waals surface area contributed by atoms with Crippen LogP contribution in [0.15, 0.2) is 0 Å². The third-order valence-corrected chi connectivity index (χ3v) is 4.88. The molecule has 0 aliphatic heterocycles. The van der Waals surface area contributed by atoms with E-state index in [1.54, 1.807) is 0 Å². The van der Waals surface area contributed by atoms with Gasteiger partial charge in [-0.3, -0.25) is 0 Å². The first-order valence-corrected chi connectivity index (χ1v) is 9.84. The first-order chi connectivity index (χ1) is 9.35. The minimum absolute atomic E-state index is 0.565. The molecule has 1 nitrogen and oxygen atoms in total. The summed E-state index contributed by atoms with van der Waals surface area (Å²) in [5, 5.41) is 0. The van der Waals surface area contributed by atoms with E-state index in [2.05, 4.69) is 13.8 Å². The standard InChI is InChI=1S/C17H35O.Sn/c1-3-5-7-9-11-13-15-17(18)16-14-12-10-8-6-4-2;/h17H,3-16H2,1-2H3;/q-1;+4. The van der Waals surface area contributed by atoms with Gasteiger partial charge in [0.15, 0.2) is 0 Å². The van der Waals surface area contributed by atoms with Crippen molar-refractivity contribution in [3.63, 3.8) is 0 Å². The second-order valence-corrected chi connectivity index (χ2v) is 6.53. The minimum atomic E-state index is 0.565. The van der Waals surface area contributed by atoms with Crippen molar-refractivity contribution in [3.8, 4) is 0 Å². The average Bonchev–Trinajstić information content (AvgIpc) is 2.44. The molecule has 0 aliphatic rings. The molecule has 2 heteroatoms. The molecule has 0 heterocycles. The summed E-state index contributed by atoms with van der Waals surface area (Å²) in [6.45, 7) is 4.56. The predicted octanol–water partition coefficient (Wildman–Crippen LogP) is 5.96. The Hall–Kier alpha value is 0.759. The Morgan fingerprint density at radius 3 is 1.37 bits per heavy atom. The SMILES string of the molecule is CCCCCCCCC(CCCCCCCC)[O][Sn+3]. The van der Waals surface area contributed by atoms with Crippen LogP contribution in [0.5, 0.6) is 0 Å². The van der Waals surface area contributed by atoms with Crippen LogP contribution in [0.25, 0.3) is 0 Å². The molecule has 0 N–H and O–H groups in total. The van der Waals surface area contributed by atoms with E-state index >= 15 is 0 Å². The van der Waals surface area contributed by atoms with Crippen LogP contribution in [0, 0.1) is 0 Å². The molecule has 0 saturated heterocycles. The van der Waals surface area contributed by atoms with Gasteiger partial charge in [-0.1, -0.05) is 0 Å². The Bertz CT molecular complexity index is 145. The third kappa shape index (κ3) is 15.0. The van der Waals surface area contributed by atoms with Gasteiger partial charge in [-0.05, 0) is 0 Å². The predicted molar refractivity (Wildman–Crippen MR) is 86.6 cm³/mol. The van der Waals surface area contributed by atoms with Crippen molar-refractivity contribution >= 4 is 22.9 Å². The normalized spacial score (nSPS) is 11.4. The summed E-state index contributed by atoms with van der Waals surface area (Å²) in [6, 6.07) is 0. The summed E-state index contributed by atoms with van der Waals surface area (Å²) in [7, 11) is 0. The monoisotopic (exact) mass is 375 g/mol. The Labute approximate surface area is 135 Å². The van der Waals surface area contributed by atoms with Gasteiger partial charge < -0.3 is 0 Å². The van der Waals surface area contributed by atoms with Crippen molar-refractivity contribution < 1.29 is 3.07 Å². The fraction of sp³-hybridized carbons (Fsp3) is 1.00. The van der Waals surface area contributed by atoms with E-state index in [0.717, 1.165) is 0 Å². The summed E-state index contributed by atoms with van der Waals surface area (Å²) in [4.78, 5) is 0. The molecule has 0 atom stereocenters. The molecular weight excluding hydrogens is 339 g/mol. The van der Waals surface area contributed by atoms with Gasteiger partial charge in [0, 0.05) is 0 Å². The molecule has 110 valence electrons. The molecule has 0 radical (unpaired) electrons. The van der Waals surface area contributed by atoms with Gasteiger partial charge in [0.25, 0.3) is 0 Å². The van der Waals surface area contributed by atoms with Gasteiger partial charge in [-0.25, -0.2) is 0 Å². The van der Waals surface area contributed by atoms with Crippen molar-refractivity contribution in [2.24, 2.45) is 0 Å². The molecule has 0 aromatic heterocycles. The number of hydrogen-bond donors (Lipinski definition) is 0. The van der Waals surface area contributed by atoms with Gasteiger partial charge in [0.05, 0.1) is 0 Å². The van der Waals surface area contributed by atoms with Crippen LogP contribution in [0.2, 0.25) is 0 Å². The average molecular weight is 374 g/mol. The van der Waals surface area contributed by atoms with Crippen molar-refractivity contribution in [1.82, 2.24) is 0 Å². The van der Waals surface area contributed by atoms with Gasteiger partial charge >= 0.3 is 136 Å². The van der Waals surface area contributed by atoms with Crippen LogP contribution in [0.3, 0.4) is 0 Å². The van der Waals surface area contributed by atoms with Crippen LogP contribution in [0.1, 0.15) is 104 Å². The molecule has 0 unspecified atom stereocenters. The van der Waals surface area contributed by atoms with Crippen LogP contribution >= 0.6 is 0 Å². The molecule has 0 fully saturated rings. The Kier molecular flexibility index (Phi) is 17.5. The summed E-state index contributed by atoms with van der Waals surface area (Å²) in [6.07, 6.45) is 20.0. The molecule has 0 bridgehead atoms. The van der Waals surface area contributed by atoms with E-state index < -0.39 is 0 Å². The molecule has 0 amide bonds. The molecular formula is C17H35OSn+3.